The first-order valence-electron chi connectivity index (χ1n) is 7.81. The summed E-state index contributed by atoms with van der Waals surface area (Å²) in [5.74, 6) is 0.987. The van der Waals surface area contributed by atoms with Crippen molar-refractivity contribution in [1.82, 2.24) is 5.32 Å². The predicted molar refractivity (Wildman–Crippen MR) is 82.4 cm³/mol. The Hall–Kier alpha value is -1.06. The smallest absolute Gasteiger partial charge is 0.119 e. The van der Waals surface area contributed by atoms with Crippen LogP contribution >= 0.6 is 0 Å². The second-order valence-corrected chi connectivity index (χ2v) is 5.49. The van der Waals surface area contributed by atoms with E-state index in [1.54, 1.807) is 7.11 Å². The van der Waals surface area contributed by atoms with Crippen molar-refractivity contribution < 1.29 is 9.47 Å². The Balaban J connectivity index is 1.90. The highest BCUT2D eigenvalue weighted by Crippen LogP contribution is 2.24. The molecule has 0 heterocycles. The molecule has 0 spiro atoms. The van der Waals surface area contributed by atoms with E-state index in [1.165, 1.54) is 24.8 Å². The van der Waals surface area contributed by atoms with Crippen LogP contribution in [0.25, 0.3) is 0 Å². The molecule has 0 radical (unpaired) electrons. The molecule has 20 heavy (non-hydrogen) atoms. The minimum absolute atomic E-state index is 0.313. The van der Waals surface area contributed by atoms with Gasteiger partial charge >= 0.3 is 0 Å². The van der Waals surface area contributed by atoms with Gasteiger partial charge in [-0.3, -0.25) is 0 Å². The van der Waals surface area contributed by atoms with Gasteiger partial charge in [0.15, 0.2) is 0 Å². The third-order valence-electron chi connectivity index (χ3n) is 3.97. The van der Waals surface area contributed by atoms with Crippen LogP contribution in [-0.4, -0.2) is 32.4 Å². The molecule has 1 saturated carbocycles. The summed E-state index contributed by atoms with van der Waals surface area (Å²) in [5, 5.41) is 3.55. The number of hydrogen-bond donors (Lipinski definition) is 1. The highest BCUT2D eigenvalue weighted by atomic mass is 16.5. The van der Waals surface area contributed by atoms with Crippen LogP contribution in [0.3, 0.4) is 0 Å². The van der Waals surface area contributed by atoms with Gasteiger partial charge in [0.25, 0.3) is 0 Å². The molecule has 0 bridgehead atoms. The molecule has 0 aliphatic heterocycles. The van der Waals surface area contributed by atoms with Gasteiger partial charge in [0.2, 0.25) is 0 Å². The van der Waals surface area contributed by atoms with Gasteiger partial charge in [-0.2, -0.15) is 0 Å². The Kier molecular flexibility index (Phi) is 6.34. The molecule has 1 aromatic rings. The molecule has 2 atom stereocenters. The van der Waals surface area contributed by atoms with E-state index in [-0.39, 0.29) is 0 Å². The van der Waals surface area contributed by atoms with Crippen LogP contribution in [-0.2, 0) is 11.2 Å². The fourth-order valence-electron chi connectivity index (χ4n) is 2.86. The molecule has 2 unspecified atom stereocenters. The van der Waals surface area contributed by atoms with Crippen LogP contribution in [0.4, 0.5) is 0 Å². The highest BCUT2D eigenvalue weighted by molar-refractivity contribution is 5.27. The van der Waals surface area contributed by atoms with Gasteiger partial charge in [0, 0.05) is 13.2 Å². The third kappa shape index (κ3) is 4.50. The molecular weight excluding hydrogens is 250 g/mol. The van der Waals surface area contributed by atoms with Crippen molar-refractivity contribution in [1.29, 1.82) is 0 Å². The summed E-state index contributed by atoms with van der Waals surface area (Å²) in [5.41, 5.74) is 1.30. The average molecular weight is 277 g/mol. The SMILES string of the molecule is CCNC1CCCCC1Oc1ccc(CCOC)cc1. The van der Waals surface area contributed by atoms with E-state index in [0.717, 1.165) is 31.7 Å². The molecule has 2 rings (SSSR count). The summed E-state index contributed by atoms with van der Waals surface area (Å²) in [6, 6.07) is 8.95. The van der Waals surface area contributed by atoms with Gasteiger partial charge < -0.3 is 14.8 Å². The fourth-order valence-corrected chi connectivity index (χ4v) is 2.86. The van der Waals surface area contributed by atoms with E-state index in [9.17, 15) is 0 Å². The number of rotatable bonds is 7. The van der Waals surface area contributed by atoms with Gasteiger partial charge in [0.05, 0.1) is 6.61 Å². The average Bonchev–Trinajstić information content (AvgIpc) is 2.49. The van der Waals surface area contributed by atoms with Crippen LogP contribution in [0.2, 0.25) is 0 Å². The number of benzene rings is 1. The van der Waals surface area contributed by atoms with Crippen molar-refractivity contribution in [2.45, 2.75) is 51.2 Å². The zero-order chi connectivity index (χ0) is 14.2. The van der Waals surface area contributed by atoms with Crippen LogP contribution in [0, 0.1) is 0 Å². The number of ether oxygens (including phenoxy) is 2. The minimum atomic E-state index is 0.313. The fraction of sp³-hybridized carbons (Fsp3) is 0.647. The van der Waals surface area contributed by atoms with Crippen LogP contribution in [0.1, 0.15) is 38.2 Å². The molecule has 0 saturated heterocycles. The summed E-state index contributed by atoms with van der Waals surface area (Å²) in [6.07, 6.45) is 6.24. The van der Waals surface area contributed by atoms with Crippen LogP contribution < -0.4 is 10.1 Å². The standard InChI is InChI=1S/C17H27NO2/c1-3-18-16-6-4-5-7-17(16)20-15-10-8-14(9-11-15)12-13-19-2/h8-11,16-18H,3-7,12-13H2,1-2H3. The Labute approximate surface area is 122 Å². The van der Waals surface area contributed by atoms with Crippen LogP contribution in [0.5, 0.6) is 5.75 Å². The number of hydrogen-bond acceptors (Lipinski definition) is 3. The third-order valence-corrected chi connectivity index (χ3v) is 3.97. The second kappa shape index (κ2) is 8.28. The Bertz CT molecular complexity index is 375. The zero-order valence-electron chi connectivity index (χ0n) is 12.7. The molecule has 0 amide bonds. The lowest BCUT2D eigenvalue weighted by atomic mass is 9.92. The highest BCUT2D eigenvalue weighted by Gasteiger charge is 2.25. The van der Waals surface area contributed by atoms with Crippen molar-refractivity contribution in [3.63, 3.8) is 0 Å². The largest absolute Gasteiger partial charge is 0.489 e. The lowest BCUT2D eigenvalue weighted by Crippen LogP contribution is -2.45. The number of methoxy groups -OCH3 is 1. The summed E-state index contributed by atoms with van der Waals surface area (Å²) >= 11 is 0. The van der Waals surface area contributed by atoms with E-state index in [0.29, 0.717) is 12.1 Å². The van der Waals surface area contributed by atoms with E-state index in [2.05, 4.69) is 36.5 Å². The van der Waals surface area contributed by atoms with Gasteiger partial charge in [-0.25, -0.2) is 0 Å². The van der Waals surface area contributed by atoms with E-state index < -0.39 is 0 Å². The number of likely N-dealkylation sites (N-methyl/N-ethyl adjacent to an activating group) is 1. The summed E-state index contributed by atoms with van der Waals surface area (Å²) < 4.78 is 11.3. The maximum Gasteiger partial charge on any atom is 0.119 e. The van der Waals surface area contributed by atoms with Crippen molar-refractivity contribution in [3.05, 3.63) is 29.8 Å². The summed E-state index contributed by atoms with van der Waals surface area (Å²) in [6.45, 7) is 3.95. The van der Waals surface area contributed by atoms with E-state index >= 15 is 0 Å². The maximum absolute atomic E-state index is 6.19. The van der Waals surface area contributed by atoms with Crippen molar-refractivity contribution in [2.24, 2.45) is 0 Å². The minimum Gasteiger partial charge on any atom is -0.489 e. The normalized spacial score (nSPS) is 22.7. The zero-order valence-corrected chi connectivity index (χ0v) is 12.7. The molecule has 1 aliphatic carbocycles. The molecular formula is C17H27NO2. The molecule has 1 fully saturated rings. The molecule has 3 heteroatoms. The molecule has 1 N–H and O–H groups in total. The second-order valence-electron chi connectivity index (χ2n) is 5.49. The first kappa shape index (κ1) is 15.3. The predicted octanol–water partition coefficient (Wildman–Crippen LogP) is 3.18. The van der Waals surface area contributed by atoms with Crippen molar-refractivity contribution >= 4 is 0 Å². The van der Waals surface area contributed by atoms with E-state index in [4.69, 9.17) is 9.47 Å². The molecule has 112 valence electrons. The molecule has 1 aliphatic rings. The maximum atomic E-state index is 6.19. The molecule has 0 aromatic heterocycles. The first-order valence-corrected chi connectivity index (χ1v) is 7.81. The Morgan fingerprint density at radius 1 is 1.15 bits per heavy atom. The lowest BCUT2D eigenvalue weighted by Gasteiger charge is -2.32. The summed E-state index contributed by atoms with van der Waals surface area (Å²) in [7, 11) is 1.74. The number of nitrogens with one attached hydrogen (secondary N) is 1. The Morgan fingerprint density at radius 3 is 2.60 bits per heavy atom. The molecule has 1 aromatic carbocycles. The van der Waals surface area contributed by atoms with Crippen LogP contribution in [0.15, 0.2) is 24.3 Å². The van der Waals surface area contributed by atoms with Gasteiger partial charge in [-0.15, -0.1) is 0 Å². The topological polar surface area (TPSA) is 30.5 Å². The lowest BCUT2D eigenvalue weighted by molar-refractivity contribution is 0.115. The monoisotopic (exact) mass is 277 g/mol. The first-order chi connectivity index (χ1) is 9.83. The summed E-state index contributed by atoms with van der Waals surface area (Å²) in [4.78, 5) is 0. The van der Waals surface area contributed by atoms with Crippen molar-refractivity contribution in [2.75, 3.05) is 20.3 Å². The molecule has 3 nitrogen and oxygen atoms in total. The Morgan fingerprint density at radius 2 is 1.90 bits per heavy atom. The van der Waals surface area contributed by atoms with Gasteiger partial charge in [-0.1, -0.05) is 25.5 Å². The van der Waals surface area contributed by atoms with Gasteiger partial charge in [0.1, 0.15) is 11.9 Å². The van der Waals surface area contributed by atoms with Crippen molar-refractivity contribution in [3.8, 4) is 5.75 Å². The van der Waals surface area contributed by atoms with E-state index in [1.807, 2.05) is 0 Å². The quantitative estimate of drug-likeness (QED) is 0.830. The van der Waals surface area contributed by atoms with Gasteiger partial charge in [-0.05, 0) is 49.9 Å².